The maximum Gasteiger partial charge on any atom is 0.222 e. The normalized spacial score (nSPS) is 18.3. The van der Waals surface area contributed by atoms with Gasteiger partial charge in [-0.15, -0.1) is 0 Å². The lowest BCUT2D eigenvalue weighted by Gasteiger charge is -2.25. The predicted molar refractivity (Wildman–Crippen MR) is 94.6 cm³/mol. The minimum atomic E-state index is -0.440. The van der Waals surface area contributed by atoms with Crippen LogP contribution in [0.2, 0.25) is 0 Å². The molecule has 6 heteroatoms. The van der Waals surface area contributed by atoms with Crippen molar-refractivity contribution in [3.05, 3.63) is 71.3 Å². The topological polar surface area (TPSA) is 50.4 Å². The molecule has 0 aromatic heterocycles. The zero-order valence-corrected chi connectivity index (χ0v) is 14.4. The fourth-order valence-electron chi connectivity index (χ4n) is 3.10. The summed E-state index contributed by atoms with van der Waals surface area (Å²) in [6, 6.07) is 11.8. The highest BCUT2D eigenvalue weighted by atomic mass is 19.1. The highest BCUT2D eigenvalue weighted by Crippen LogP contribution is 2.20. The van der Waals surface area contributed by atoms with Crippen molar-refractivity contribution >= 4 is 5.91 Å². The van der Waals surface area contributed by atoms with Crippen molar-refractivity contribution in [2.75, 3.05) is 19.8 Å². The third-order valence-corrected chi connectivity index (χ3v) is 4.35. The SMILES string of the molecule is O=C(CC1COCCN1)NC(Cc1cccc(F)c1)c1cccc(F)c1. The van der Waals surface area contributed by atoms with Gasteiger partial charge in [0.25, 0.3) is 0 Å². The molecule has 0 saturated carbocycles. The van der Waals surface area contributed by atoms with Gasteiger partial charge in [0, 0.05) is 19.0 Å². The molecule has 2 aromatic rings. The van der Waals surface area contributed by atoms with Crippen LogP contribution in [0.5, 0.6) is 0 Å². The highest BCUT2D eigenvalue weighted by molar-refractivity contribution is 5.77. The Balaban J connectivity index is 1.72. The average Bonchev–Trinajstić information content (AvgIpc) is 2.62. The summed E-state index contributed by atoms with van der Waals surface area (Å²) in [5, 5.41) is 6.19. The number of hydrogen-bond donors (Lipinski definition) is 2. The first kappa shape index (κ1) is 18.5. The van der Waals surface area contributed by atoms with Gasteiger partial charge in [0.1, 0.15) is 11.6 Å². The van der Waals surface area contributed by atoms with Gasteiger partial charge >= 0.3 is 0 Å². The second-order valence-corrected chi connectivity index (χ2v) is 6.44. The summed E-state index contributed by atoms with van der Waals surface area (Å²) in [6.07, 6.45) is 0.649. The summed E-state index contributed by atoms with van der Waals surface area (Å²) in [5.74, 6) is -0.864. The second kappa shape index (κ2) is 8.87. The van der Waals surface area contributed by atoms with Crippen LogP contribution in [0.15, 0.2) is 48.5 Å². The standard InChI is InChI=1S/C20H22F2N2O2/c21-16-5-1-3-14(9-16)10-19(15-4-2-6-17(22)11-15)24-20(25)12-18-13-26-8-7-23-18/h1-6,9,11,18-19,23H,7-8,10,12-13H2,(H,24,25). The summed E-state index contributed by atoms with van der Waals surface area (Å²) in [7, 11) is 0. The van der Waals surface area contributed by atoms with Crippen LogP contribution in [0, 0.1) is 11.6 Å². The molecule has 0 aliphatic carbocycles. The number of amides is 1. The zero-order valence-electron chi connectivity index (χ0n) is 14.4. The molecule has 1 aliphatic rings. The van der Waals surface area contributed by atoms with Gasteiger partial charge < -0.3 is 15.4 Å². The number of halogens is 2. The van der Waals surface area contributed by atoms with Crippen LogP contribution in [-0.4, -0.2) is 31.7 Å². The summed E-state index contributed by atoms with van der Waals surface area (Å²) in [5.41, 5.74) is 1.38. The number of morpholine rings is 1. The fourth-order valence-corrected chi connectivity index (χ4v) is 3.10. The minimum Gasteiger partial charge on any atom is -0.378 e. The van der Waals surface area contributed by atoms with E-state index in [1.807, 2.05) is 0 Å². The van der Waals surface area contributed by atoms with Crippen LogP contribution < -0.4 is 10.6 Å². The first-order valence-corrected chi connectivity index (χ1v) is 8.70. The van der Waals surface area contributed by atoms with E-state index in [1.54, 1.807) is 24.3 Å². The number of carbonyl (C=O) groups excluding carboxylic acids is 1. The molecule has 1 heterocycles. The Hall–Kier alpha value is -2.31. The molecule has 0 radical (unpaired) electrons. The maximum atomic E-state index is 13.6. The molecule has 1 saturated heterocycles. The van der Waals surface area contributed by atoms with E-state index >= 15 is 0 Å². The lowest BCUT2D eigenvalue weighted by Crippen LogP contribution is -2.44. The average molecular weight is 360 g/mol. The Kier molecular flexibility index (Phi) is 6.30. The number of carbonyl (C=O) groups is 1. The first-order valence-electron chi connectivity index (χ1n) is 8.70. The van der Waals surface area contributed by atoms with Crippen molar-refractivity contribution in [1.29, 1.82) is 0 Å². The molecule has 0 spiro atoms. The van der Waals surface area contributed by atoms with E-state index in [-0.39, 0.29) is 30.0 Å². The Morgan fingerprint density at radius 3 is 2.65 bits per heavy atom. The summed E-state index contributed by atoms with van der Waals surface area (Å²) in [4.78, 5) is 12.5. The van der Waals surface area contributed by atoms with Crippen LogP contribution in [0.4, 0.5) is 8.78 Å². The van der Waals surface area contributed by atoms with E-state index in [9.17, 15) is 13.6 Å². The van der Waals surface area contributed by atoms with E-state index in [2.05, 4.69) is 10.6 Å². The molecule has 0 bridgehead atoms. The van der Waals surface area contributed by atoms with Crippen LogP contribution in [0.25, 0.3) is 0 Å². The molecule has 2 aromatic carbocycles. The highest BCUT2D eigenvalue weighted by Gasteiger charge is 2.21. The maximum absolute atomic E-state index is 13.6. The molecule has 2 unspecified atom stereocenters. The second-order valence-electron chi connectivity index (χ2n) is 6.44. The predicted octanol–water partition coefficient (Wildman–Crippen LogP) is 2.74. The molecule has 1 amide bonds. The van der Waals surface area contributed by atoms with E-state index < -0.39 is 6.04 Å². The van der Waals surface area contributed by atoms with E-state index in [4.69, 9.17) is 4.74 Å². The van der Waals surface area contributed by atoms with Crippen LogP contribution in [0.1, 0.15) is 23.6 Å². The van der Waals surface area contributed by atoms with Gasteiger partial charge in [-0.05, 0) is 41.8 Å². The monoisotopic (exact) mass is 360 g/mol. The van der Waals surface area contributed by atoms with Crippen LogP contribution >= 0.6 is 0 Å². The summed E-state index contributed by atoms with van der Waals surface area (Å²) >= 11 is 0. The van der Waals surface area contributed by atoms with Crippen molar-refractivity contribution < 1.29 is 18.3 Å². The van der Waals surface area contributed by atoms with Gasteiger partial charge in [0.05, 0.1) is 19.3 Å². The molecule has 3 rings (SSSR count). The Labute approximate surface area is 151 Å². The molecule has 1 aliphatic heterocycles. The minimum absolute atomic E-state index is 0.0360. The van der Waals surface area contributed by atoms with Gasteiger partial charge in [-0.1, -0.05) is 24.3 Å². The third-order valence-electron chi connectivity index (χ3n) is 4.35. The van der Waals surface area contributed by atoms with Crippen molar-refractivity contribution in [3.8, 4) is 0 Å². The number of hydrogen-bond acceptors (Lipinski definition) is 3. The van der Waals surface area contributed by atoms with Crippen LogP contribution in [0.3, 0.4) is 0 Å². The fraction of sp³-hybridized carbons (Fsp3) is 0.350. The Morgan fingerprint density at radius 1 is 1.19 bits per heavy atom. The van der Waals surface area contributed by atoms with Crippen molar-refractivity contribution in [2.45, 2.75) is 24.9 Å². The lowest BCUT2D eigenvalue weighted by atomic mass is 9.98. The molecule has 138 valence electrons. The van der Waals surface area contributed by atoms with Gasteiger partial charge in [0.15, 0.2) is 0 Å². The molecule has 26 heavy (non-hydrogen) atoms. The molecule has 2 atom stereocenters. The van der Waals surface area contributed by atoms with Crippen molar-refractivity contribution in [1.82, 2.24) is 10.6 Å². The largest absolute Gasteiger partial charge is 0.378 e. The smallest absolute Gasteiger partial charge is 0.222 e. The number of rotatable bonds is 6. The number of ether oxygens (including phenoxy) is 1. The Bertz CT molecular complexity index is 748. The van der Waals surface area contributed by atoms with Gasteiger partial charge in [-0.2, -0.15) is 0 Å². The molecule has 4 nitrogen and oxygen atoms in total. The van der Waals surface area contributed by atoms with E-state index in [1.165, 1.54) is 24.3 Å². The van der Waals surface area contributed by atoms with Gasteiger partial charge in [0.2, 0.25) is 5.91 Å². The van der Waals surface area contributed by atoms with Gasteiger partial charge in [-0.25, -0.2) is 8.78 Å². The lowest BCUT2D eigenvalue weighted by molar-refractivity contribution is -0.123. The van der Waals surface area contributed by atoms with Gasteiger partial charge in [-0.3, -0.25) is 4.79 Å². The van der Waals surface area contributed by atoms with Crippen molar-refractivity contribution in [2.24, 2.45) is 0 Å². The molecule has 1 fully saturated rings. The van der Waals surface area contributed by atoms with Crippen LogP contribution in [-0.2, 0) is 16.0 Å². The van der Waals surface area contributed by atoms with Crippen molar-refractivity contribution in [3.63, 3.8) is 0 Å². The summed E-state index contributed by atoms with van der Waals surface area (Å²) in [6.45, 7) is 1.85. The molecular formula is C20H22F2N2O2. The Morgan fingerprint density at radius 2 is 1.96 bits per heavy atom. The number of benzene rings is 2. The van der Waals surface area contributed by atoms with E-state index in [0.717, 1.165) is 5.56 Å². The number of nitrogens with one attached hydrogen (secondary N) is 2. The zero-order chi connectivity index (χ0) is 18.4. The summed E-state index contributed by atoms with van der Waals surface area (Å²) < 4.78 is 32.5. The molecular weight excluding hydrogens is 338 g/mol. The third kappa shape index (κ3) is 5.34. The quantitative estimate of drug-likeness (QED) is 0.833. The molecule has 2 N–H and O–H groups in total. The first-order chi connectivity index (χ1) is 12.6. The van der Waals surface area contributed by atoms with E-state index in [0.29, 0.717) is 31.7 Å².